The number of likely N-dealkylation sites (tertiary alicyclic amines) is 1. The Morgan fingerprint density at radius 1 is 1.56 bits per heavy atom. The summed E-state index contributed by atoms with van der Waals surface area (Å²) in [6.07, 6.45) is -1.80. The van der Waals surface area contributed by atoms with Crippen LogP contribution in [0.1, 0.15) is 19.8 Å². The van der Waals surface area contributed by atoms with Gasteiger partial charge in [-0.05, 0) is 6.42 Å². The molecule has 1 aliphatic heterocycles. The molecule has 1 amide bonds. The van der Waals surface area contributed by atoms with Crippen molar-refractivity contribution in [3.8, 4) is 0 Å². The molecule has 1 fully saturated rings. The van der Waals surface area contributed by atoms with Gasteiger partial charge in [-0.3, -0.25) is 4.79 Å². The third-order valence-electron chi connectivity index (χ3n) is 2.69. The van der Waals surface area contributed by atoms with E-state index in [-0.39, 0.29) is 18.9 Å². The summed E-state index contributed by atoms with van der Waals surface area (Å²) in [5.74, 6) is -0.160. The Morgan fingerprint density at radius 3 is 2.69 bits per heavy atom. The van der Waals surface area contributed by atoms with Gasteiger partial charge in [0.1, 0.15) is 6.61 Å². The predicted molar refractivity (Wildman–Crippen MR) is 53.3 cm³/mol. The quantitative estimate of drug-likeness (QED) is 0.690. The maximum atomic E-state index is 11.7. The van der Waals surface area contributed by atoms with E-state index < -0.39 is 18.6 Å². The van der Waals surface area contributed by atoms with Crippen molar-refractivity contribution in [3.63, 3.8) is 0 Å². The zero-order valence-electron chi connectivity index (χ0n) is 9.29. The van der Waals surface area contributed by atoms with E-state index in [9.17, 15) is 18.7 Å². The molecule has 0 unspecified atom stereocenters. The van der Waals surface area contributed by atoms with Crippen LogP contribution in [0.2, 0.25) is 0 Å². The Bertz CT molecular complexity index is 242. The van der Waals surface area contributed by atoms with E-state index in [1.165, 1.54) is 4.90 Å². The van der Waals surface area contributed by atoms with Gasteiger partial charge in [0, 0.05) is 0 Å². The van der Waals surface area contributed by atoms with Crippen molar-refractivity contribution in [1.82, 2.24) is 4.90 Å². The van der Waals surface area contributed by atoms with E-state index >= 15 is 0 Å². The largest absolute Gasteiger partial charge is 0.386 e. The van der Waals surface area contributed by atoms with Crippen LogP contribution >= 0.6 is 0 Å². The van der Waals surface area contributed by atoms with Crippen LogP contribution in [0.5, 0.6) is 0 Å². The van der Waals surface area contributed by atoms with Crippen molar-refractivity contribution < 1.29 is 23.4 Å². The van der Waals surface area contributed by atoms with E-state index in [1.807, 2.05) is 6.92 Å². The van der Waals surface area contributed by atoms with Gasteiger partial charge in [-0.25, -0.2) is 8.78 Å². The lowest BCUT2D eigenvalue weighted by atomic mass is 9.91. The van der Waals surface area contributed by atoms with Gasteiger partial charge in [0.25, 0.3) is 6.43 Å². The first-order chi connectivity index (χ1) is 7.47. The first-order valence-corrected chi connectivity index (χ1v) is 5.33. The highest BCUT2D eigenvalue weighted by Gasteiger charge is 2.41. The zero-order chi connectivity index (χ0) is 12.2. The van der Waals surface area contributed by atoms with Gasteiger partial charge in [-0.2, -0.15) is 0 Å². The number of halogens is 2. The number of rotatable bonds is 6. The lowest BCUT2D eigenvalue weighted by Gasteiger charge is -2.46. The fourth-order valence-corrected chi connectivity index (χ4v) is 1.55. The number of nitrogens with zero attached hydrogens (tertiary/aromatic N) is 1. The van der Waals surface area contributed by atoms with Gasteiger partial charge in [0.15, 0.2) is 0 Å². The number of ether oxygens (including phenoxy) is 1. The number of hydrogen-bond donors (Lipinski definition) is 1. The Hall–Kier alpha value is -0.750. The molecule has 0 bridgehead atoms. The number of amides is 1. The third-order valence-corrected chi connectivity index (χ3v) is 2.69. The molecule has 0 spiro atoms. The number of hydrogen-bond acceptors (Lipinski definition) is 3. The monoisotopic (exact) mass is 237 g/mol. The highest BCUT2D eigenvalue weighted by molar-refractivity contribution is 5.77. The van der Waals surface area contributed by atoms with Crippen LogP contribution in [-0.2, 0) is 9.53 Å². The highest BCUT2D eigenvalue weighted by Crippen LogP contribution is 2.24. The second-order valence-corrected chi connectivity index (χ2v) is 4.04. The summed E-state index contributed by atoms with van der Waals surface area (Å²) in [5.41, 5.74) is -0.751. The average molecular weight is 237 g/mol. The van der Waals surface area contributed by atoms with E-state index in [2.05, 4.69) is 4.74 Å². The molecule has 0 aromatic heterocycles. The number of β-amino-alcohol motifs (C(OH)–C–C–N with tert-alkyl or cyclic N) is 1. The van der Waals surface area contributed by atoms with Crippen molar-refractivity contribution in [1.29, 1.82) is 0 Å². The molecule has 4 nitrogen and oxygen atoms in total. The second-order valence-electron chi connectivity index (χ2n) is 4.04. The Balaban J connectivity index is 2.09. The molecule has 1 saturated heterocycles. The van der Waals surface area contributed by atoms with Crippen molar-refractivity contribution in [2.45, 2.75) is 31.8 Å². The standard InChI is InChI=1S/C10H17F2NO3/c1-2-10(15)6-13(7-10)9(14)3-4-16-5-8(11)12/h8,15H,2-7H2,1H3. The van der Waals surface area contributed by atoms with Crippen LogP contribution in [0.15, 0.2) is 0 Å². The van der Waals surface area contributed by atoms with Crippen LogP contribution < -0.4 is 0 Å². The first kappa shape index (κ1) is 13.3. The SMILES string of the molecule is CCC1(O)CN(C(=O)CCOCC(F)F)C1. The molecular weight excluding hydrogens is 220 g/mol. The van der Waals surface area contributed by atoms with Gasteiger partial charge >= 0.3 is 0 Å². The molecule has 0 aromatic carbocycles. The summed E-state index contributed by atoms with van der Waals surface area (Å²) in [5, 5.41) is 9.66. The van der Waals surface area contributed by atoms with Gasteiger partial charge in [-0.15, -0.1) is 0 Å². The molecule has 1 N–H and O–H groups in total. The van der Waals surface area contributed by atoms with E-state index in [0.29, 0.717) is 19.5 Å². The van der Waals surface area contributed by atoms with Crippen LogP contribution in [0.25, 0.3) is 0 Å². The second kappa shape index (κ2) is 5.54. The summed E-state index contributed by atoms with van der Waals surface area (Å²) < 4.78 is 28.0. The van der Waals surface area contributed by atoms with E-state index in [0.717, 1.165) is 0 Å². The van der Waals surface area contributed by atoms with Gasteiger partial charge in [0.2, 0.25) is 5.91 Å². The van der Waals surface area contributed by atoms with Gasteiger partial charge in [0.05, 0.1) is 31.7 Å². The molecule has 0 aliphatic carbocycles. The van der Waals surface area contributed by atoms with Crippen molar-refractivity contribution in [3.05, 3.63) is 0 Å². The summed E-state index contributed by atoms with van der Waals surface area (Å²) in [4.78, 5) is 12.9. The Kier molecular flexibility index (Phi) is 4.61. The van der Waals surface area contributed by atoms with Crippen LogP contribution in [0, 0.1) is 0 Å². The molecule has 0 aromatic rings. The van der Waals surface area contributed by atoms with Crippen LogP contribution in [-0.4, -0.2) is 54.2 Å². The fraction of sp³-hybridized carbons (Fsp3) is 0.900. The Labute approximate surface area is 93.2 Å². The predicted octanol–water partition coefficient (Wildman–Crippen LogP) is 0.641. The summed E-state index contributed by atoms with van der Waals surface area (Å²) in [6.45, 7) is 1.89. The van der Waals surface area contributed by atoms with Crippen LogP contribution in [0.4, 0.5) is 8.78 Å². The number of carbonyl (C=O) groups is 1. The van der Waals surface area contributed by atoms with Gasteiger partial charge < -0.3 is 14.7 Å². The number of alkyl halides is 2. The molecule has 1 rings (SSSR count). The minimum Gasteiger partial charge on any atom is -0.386 e. The summed E-state index contributed by atoms with van der Waals surface area (Å²) >= 11 is 0. The topological polar surface area (TPSA) is 49.8 Å². The first-order valence-electron chi connectivity index (χ1n) is 5.33. The minimum atomic E-state index is -2.50. The number of aliphatic hydroxyl groups is 1. The van der Waals surface area contributed by atoms with Crippen molar-refractivity contribution in [2.75, 3.05) is 26.3 Å². The molecule has 94 valence electrons. The molecule has 6 heteroatoms. The van der Waals surface area contributed by atoms with Gasteiger partial charge in [-0.1, -0.05) is 6.92 Å². The lowest BCUT2D eigenvalue weighted by Crippen LogP contribution is -2.63. The van der Waals surface area contributed by atoms with Crippen LogP contribution in [0.3, 0.4) is 0 Å². The molecule has 0 saturated carbocycles. The molecule has 0 atom stereocenters. The highest BCUT2D eigenvalue weighted by atomic mass is 19.3. The lowest BCUT2D eigenvalue weighted by molar-refractivity contribution is -0.157. The summed E-state index contributed by atoms with van der Waals surface area (Å²) in [7, 11) is 0. The average Bonchev–Trinajstić information content (AvgIpc) is 2.19. The molecular formula is C10H17F2NO3. The summed E-state index contributed by atoms with van der Waals surface area (Å²) in [6, 6.07) is 0. The van der Waals surface area contributed by atoms with E-state index in [4.69, 9.17) is 0 Å². The van der Waals surface area contributed by atoms with Crippen molar-refractivity contribution >= 4 is 5.91 Å². The zero-order valence-corrected chi connectivity index (χ0v) is 9.29. The van der Waals surface area contributed by atoms with Crippen molar-refractivity contribution in [2.24, 2.45) is 0 Å². The van der Waals surface area contributed by atoms with E-state index in [1.54, 1.807) is 0 Å². The normalized spacial score (nSPS) is 18.7. The molecule has 0 radical (unpaired) electrons. The molecule has 16 heavy (non-hydrogen) atoms. The maximum Gasteiger partial charge on any atom is 0.261 e. The fourth-order valence-electron chi connectivity index (χ4n) is 1.55. The minimum absolute atomic E-state index is 0.00419. The molecule has 1 heterocycles. The Morgan fingerprint density at radius 2 is 2.19 bits per heavy atom. The smallest absolute Gasteiger partial charge is 0.261 e. The number of carbonyl (C=O) groups excluding carboxylic acids is 1. The molecule has 1 aliphatic rings. The maximum absolute atomic E-state index is 11.7. The third kappa shape index (κ3) is 3.68.